The molecule has 2 nitrogen and oxygen atoms in total. The summed E-state index contributed by atoms with van der Waals surface area (Å²) in [5, 5.41) is 0.685. The van der Waals surface area contributed by atoms with Crippen molar-refractivity contribution in [1.82, 2.24) is 4.90 Å². The van der Waals surface area contributed by atoms with Crippen LogP contribution in [0.25, 0.3) is 0 Å². The van der Waals surface area contributed by atoms with Gasteiger partial charge in [-0.05, 0) is 12.1 Å². The van der Waals surface area contributed by atoms with Crippen molar-refractivity contribution >= 4 is 44.8 Å². The van der Waals surface area contributed by atoms with Gasteiger partial charge in [-0.2, -0.15) is 0 Å². The zero-order chi connectivity index (χ0) is 12.0. The molecule has 1 heterocycles. The largest absolute Gasteiger partial charge is 0.334 e. The molecule has 0 saturated carbocycles. The van der Waals surface area contributed by atoms with Crippen LogP contribution >= 0.6 is 38.9 Å². The Hall–Kier alpha value is -0.320. The minimum Gasteiger partial charge on any atom is -0.334 e. The molecule has 0 atom stereocenters. The molecule has 88 valence electrons. The molecule has 0 spiro atoms. The molecule has 0 bridgehead atoms. The van der Waals surface area contributed by atoms with E-state index >= 15 is 0 Å². The first-order valence-electron chi connectivity index (χ1n) is 4.86. The van der Waals surface area contributed by atoms with Crippen LogP contribution in [0, 0.1) is 0 Å². The van der Waals surface area contributed by atoms with E-state index in [1.165, 1.54) is 11.3 Å². The maximum atomic E-state index is 11.8. The van der Waals surface area contributed by atoms with E-state index in [-0.39, 0.29) is 5.91 Å². The van der Waals surface area contributed by atoms with E-state index in [0.29, 0.717) is 24.8 Å². The molecule has 0 unspecified atom stereocenters. The quantitative estimate of drug-likeness (QED) is 0.577. The minimum absolute atomic E-state index is 0.126. The molecule has 0 aliphatic heterocycles. The van der Waals surface area contributed by atoms with Gasteiger partial charge < -0.3 is 4.90 Å². The number of nitrogens with zero attached hydrogens (tertiary/aromatic N) is 1. The fourth-order valence-corrected chi connectivity index (χ4v) is 2.72. The lowest BCUT2D eigenvalue weighted by Crippen LogP contribution is -2.30. The molecule has 0 aromatic carbocycles. The Kier molecular flexibility index (Phi) is 6.09. The van der Waals surface area contributed by atoms with Crippen LogP contribution in [0.2, 0.25) is 4.34 Å². The van der Waals surface area contributed by atoms with Crippen LogP contribution in [0.3, 0.4) is 0 Å². The van der Waals surface area contributed by atoms with Gasteiger partial charge in [0.1, 0.15) is 0 Å². The SMILES string of the molecule is C=CCN(Cc1ccc(Cl)s1)C(=O)CCBr. The maximum Gasteiger partial charge on any atom is 0.224 e. The van der Waals surface area contributed by atoms with E-state index in [4.69, 9.17) is 11.6 Å². The molecule has 0 radical (unpaired) electrons. The maximum absolute atomic E-state index is 11.8. The second kappa shape index (κ2) is 7.09. The van der Waals surface area contributed by atoms with Gasteiger partial charge in [0.15, 0.2) is 0 Å². The summed E-state index contributed by atoms with van der Waals surface area (Å²) in [5.74, 6) is 0.126. The van der Waals surface area contributed by atoms with Crippen LogP contribution in [0.15, 0.2) is 24.8 Å². The summed E-state index contributed by atoms with van der Waals surface area (Å²) in [4.78, 5) is 14.6. The van der Waals surface area contributed by atoms with Crippen molar-refractivity contribution in [2.24, 2.45) is 0 Å². The van der Waals surface area contributed by atoms with Crippen molar-refractivity contribution in [1.29, 1.82) is 0 Å². The number of rotatable bonds is 6. The molecule has 0 aliphatic carbocycles. The zero-order valence-corrected chi connectivity index (χ0v) is 11.9. The highest BCUT2D eigenvalue weighted by atomic mass is 79.9. The van der Waals surface area contributed by atoms with Crippen molar-refractivity contribution in [3.8, 4) is 0 Å². The van der Waals surface area contributed by atoms with Gasteiger partial charge in [0.25, 0.3) is 0 Å². The van der Waals surface area contributed by atoms with E-state index in [1.807, 2.05) is 12.1 Å². The van der Waals surface area contributed by atoms with Crippen LogP contribution in [-0.2, 0) is 11.3 Å². The monoisotopic (exact) mass is 321 g/mol. The molecule has 0 N–H and O–H groups in total. The number of halogens is 2. The highest BCUT2D eigenvalue weighted by molar-refractivity contribution is 9.09. The number of carbonyl (C=O) groups is 1. The summed E-state index contributed by atoms with van der Waals surface area (Å²) in [6.45, 7) is 4.84. The van der Waals surface area contributed by atoms with Gasteiger partial charge in [-0.15, -0.1) is 17.9 Å². The molecule has 1 aromatic heterocycles. The number of carbonyl (C=O) groups excluding carboxylic acids is 1. The Morgan fingerprint density at radius 3 is 2.88 bits per heavy atom. The summed E-state index contributed by atoms with van der Waals surface area (Å²) in [7, 11) is 0. The fraction of sp³-hybridized carbons (Fsp3) is 0.364. The van der Waals surface area contributed by atoms with Crippen LogP contribution in [0.5, 0.6) is 0 Å². The van der Waals surface area contributed by atoms with Gasteiger partial charge >= 0.3 is 0 Å². The standard InChI is InChI=1S/C11H13BrClNOS/c1-2-7-14(11(15)5-6-12)8-9-3-4-10(13)16-9/h2-4H,1,5-8H2. The number of hydrogen-bond acceptors (Lipinski definition) is 2. The van der Waals surface area contributed by atoms with Crippen molar-refractivity contribution in [3.05, 3.63) is 34.0 Å². The third kappa shape index (κ3) is 4.28. The predicted octanol–water partition coefficient (Wildman–Crippen LogP) is 3.70. The van der Waals surface area contributed by atoms with E-state index < -0.39 is 0 Å². The molecule has 5 heteroatoms. The average molecular weight is 323 g/mol. The predicted molar refractivity (Wildman–Crippen MR) is 73.4 cm³/mol. The topological polar surface area (TPSA) is 20.3 Å². The lowest BCUT2D eigenvalue weighted by molar-refractivity contribution is -0.130. The van der Waals surface area contributed by atoms with E-state index in [9.17, 15) is 4.79 Å². The van der Waals surface area contributed by atoms with Crippen LogP contribution in [0.1, 0.15) is 11.3 Å². The molecular formula is C11H13BrClNOS. The molecule has 1 amide bonds. The molecule has 16 heavy (non-hydrogen) atoms. The number of amides is 1. The van der Waals surface area contributed by atoms with Gasteiger partial charge in [0, 0.05) is 23.2 Å². The molecule has 1 rings (SSSR count). The fourth-order valence-electron chi connectivity index (χ4n) is 1.27. The number of hydrogen-bond donors (Lipinski definition) is 0. The van der Waals surface area contributed by atoms with Crippen LogP contribution < -0.4 is 0 Å². The van der Waals surface area contributed by atoms with Crippen molar-refractivity contribution in [2.75, 3.05) is 11.9 Å². The highest BCUT2D eigenvalue weighted by Gasteiger charge is 2.12. The Morgan fingerprint density at radius 1 is 1.62 bits per heavy atom. The van der Waals surface area contributed by atoms with Gasteiger partial charge in [-0.3, -0.25) is 4.79 Å². The summed E-state index contributed by atoms with van der Waals surface area (Å²) in [6.07, 6.45) is 2.24. The smallest absolute Gasteiger partial charge is 0.224 e. The van der Waals surface area contributed by atoms with Gasteiger partial charge in [-0.25, -0.2) is 0 Å². The second-order valence-electron chi connectivity index (χ2n) is 3.21. The highest BCUT2D eigenvalue weighted by Crippen LogP contribution is 2.22. The number of thiophene rings is 1. The summed E-state index contributed by atoms with van der Waals surface area (Å²) in [6, 6.07) is 3.80. The van der Waals surface area contributed by atoms with Crippen molar-refractivity contribution in [2.45, 2.75) is 13.0 Å². The first kappa shape index (κ1) is 13.7. The van der Waals surface area contributed by atoms with Crippen molar-refractivity contribution < 1.29 is 4.79 Å². The van der Waals surface area contributed by atoms with Crippen LogP contribution in [-0.4, -0.2) is 22.7 Å². The summed E-state index contributed by atoms with van der Waals surface area (Å²) in [5.41, 5.74) is 0. The average Bonchev–Trinajstić information content (AvgIpc) is 2.64. The van der Waals surface area contributed by atoms with Gasteiger partial charge in [0.2, 0.25) is 5.91 Å². The first-order chi connectivity index (χ1) is 7.67. The Labute approximate surface area is 113 Å². The zero-order valence-electron chi connectivity index (χ0n) is 8.79. The summed E-state index contributed by atoms with van der Waals surface area (Å²) < 4.78 is 0.751. The van der Waals surface area contributed by atoms with Crippen molar-refractivity contribution in [3.63, 3.8) is 0 Å². The number of alkyl halides is 1. The molecule has 0 aliphatic rings. The molecule has 1 aromatic rings. The first-order valence-corrected chi connectivity index (χ1v) is 7.17. The lowest BCUT2D eigenvalue weighted by atomic mass is 10.3. The Morgan fingerprint density at radius 2 is 2.38 bits per heavy atom. The molecule has 0 saturated heterocycles. The third-order valence-corrected chi connectivity index (χ3v) is 3.60. The Bertz CT molecular complexity index is 367. The normalized spacial score (nSPS) is 10.1. The molecular weight excluding hydrogens is 310 g/mol. The van der Waals surface area contributed by atoms with Crippen LogP contribution in [0.4, 0.5) is 0 Å². The van der Waals surface area contributed by atoms with E-state index in [0.717, 1.165) is 9.21 Å². The third-order valence-electron chi connectivity index (χ3n) is 1.99. The van der Waals surface area contributed by atoms with Gasteiger partial charge in [0.05, 0.1) is 10.9 Å². The van der Waals surface area contributed by atoms with E-state index in [2.05, 4.69) is 22.5 Å². The van der Waals surface area contributed by atoms with E-state index in [1.54, 1.807) is 11.0 Å². The minimum atomic E-state index is 0.126. The van der Waals surface area contributed by atoms with Gasteiger partial charge in [-0.1, -0.05) is 33.6 Å². The lowest BCUT2D eigenvalue weighted by Gasteiger charge is -2.19. The Balaban J connectivity index is 2.63. The second-order valence-corrected chi connectivity index (χ2v) is 5.80. The summed E-state index contributed by atoms with van der Waals surface area (Å²) >= 11 is 10.6. The molecule has 0 fully saturated rings.